The summed E-state index contributed by atoms with van der Waals surface area (Å²) < 4.78 is 26.5. The van der Waals surface area contributed by atoms with Gasteiger partial charge in [0.15, 0.2) is 0 Å². The Hall–Kier alpha value is -2.18. The van der Waals surface area contributed by atoms with Gasteiger partial charge in [-0.25, -0.2) is 8.42 Å². The van der Waals surface area contributed by atoms with Crippen molar-refractivity contribution in [2.24, 2.45) is 0 Å². The lowest BCUT2D eigenvalue weighted by Crippen LogP contribution is -2.33. The van der Waals surface area contributed by atoms with Crippen LogP contribution in [0.3, 0.4) is 0 Å². The quantitative estimate of drug-likeness (QED) is 0.844. The SMILES string of the molecule is Cc1ccc(CNC(=O)c2cccc(S(=O)(=O)N(C)C(C)C)c2)c(C)c1. The Morgan fingerprint density at radius 2 is 1.81 bits per heavy atom. The van der Waals surface area contributed by atoms with Gasteiger partial charge in [-0.15, -0.1) is 0 Å². The van der Waals surface area contributed by atoms with Crippen molar-refractivity contribution in [3.8, 4) is 0 Å². The molecule has 0 fully saturated rings. The number of nitrogens with one attached hydrogen (secondary N) is 1. The summed E-state index contributed by atoms with van der Waals surface area (Å²) in [7, 11) is -2.08. The third-order valence-electron chi connectivity index (χ3n) is 4.44. The molecular weight excluding hydrogens is 348 g/mol. The molecule has 2 aromatic carbocycles. The molecule has 6 heteroatoms. The molecule has 0 aliphatic heterocycles. The number of hydrogen-bond acceptors (Lipinski definition) is 3. The normalized spacial score (nSPS) is 11.8. The number of carbonyl (C=O) groups excluding carboxylic acids is 1. The van der Waals surface area contributed by atoms with Crippen LogP contribution in [0.4, 0.5) is 0 Å². The van der Waals surface area contributed by atoms with Gasteiger partial charge in [-0.1, -0.05) is 29.8 Å². The first-order valence-electron chi connectivity index (χ1n) is 8.55. The lowest BCUT2D eigenvalue weighted by molar-refractivity contribution is 0.0950. The third kappa shape index (κ3) is 4.51. The van der Waals surface area contributed by atoms with Crippen LogP contribution in [-0.2, 0) is 16.6 Å². The molecule has 0 aromatic heterocycles. The largest absolute Gasteiger partial charge is 0.348 e. The zero-order valence-corrected chi connectivity index (χ0v) is 16.7. The molecule has 0 atom stereocenters. The number of amides is 1. The summed E-state index contributed by atoms with van der Waals surface area (Å²) in [5, 5.41) is 2.86. The Morgan fingerprint density at radius 3 is 2.42 bits per heavy atom. The average Bonchev–Trinajstić information content (AvgIpc) is 2.60. The van der Waals surface area contributed by atoms with E-state index in [0.717, 1.165) is 11.1 Å². The molecule has 0 heterocycles. The van der Waals surface area contributed by atoms with Crippen LogP contribution in [0.15, 0.2) is 47.4 Å². The fourth-order valence-electron chi connectivity index (χ4n) is 2.56. The molecule has 140 valence electrons. The molecule has 1 amide bonds. The minimum atomic E-state index is -3.62. The maximum Gasteiger partial charge on any atom is 0.251 e. The van der Waals surface area contributed by atoms with E-state index in [0.29, 0.717) is 12.1 Å². The monoisotopic (exact) mass is 374 g/mol. The fourth-order valence-corrected chi connectivity index (χ4v) is 3.98. The van der Waals surface area contributed by atoms with E-state index in [2.05, 4.69) is 11.4 Å². The van der Waals surface area contributed by atoms with Crippen LogP contribution in [0.5, 0.6) is 0 Å². The van der Waals surface area contributed by atoms with Gasteiger partial charge in [0, 0.05) is 25.2 Å². The molecule has 26 heavy (non-hydrogen) atoms. The number of carbonyl (C=O) groups is 1. The van der Waals surface area contributed by atoms with Gasteiger partial charge in [-0.3, -0.25) is 4.79 Å². The van der Waals surface area contributed by atoms with Crippen molar-refractivity contribution in [1.82, 2.24) is 9.62 Å². The second kappa shape index (κ2) is 8.01. The summed E-state index contributed by atoms with van der Waals surface area (Å²) in [6.07, 6.45) is 0. The Kier molecular flexibility index (Phi) is 6.21. The van der Waals surface area contributed by atoms with Crippen molar-refractivity contribution in [3.63, 3.8) is 0 Å². The molecule has 0 spiro atoms. The van der Waals surface area contributed by atoms with Gasteiger partial charge in [-0.05, 0) is 57.0 Å². The highest BCUT2D eigenvalue weighted by Gasteiger charge is 2.23. The first kappa shape index (κ1) is 20.1. The third-order valence-corrected chi connectivity index (χ3v) is 6.47. The lowest BCUT2D eigenvalue weighted by atomic mass is 10.1. The highest BCUT2D eigenvalue weighted by Crippen LogP contribution is 2.18. The minimum absolute atomic E-state index is 0.118. The van der Waals surface area contributed by atoms with Gasteiger partial charge in [0.2, 0.25) is 10.0 Å². The maximum absolute atomic E-state index is 12.6. The average molecular weight is 375 g/mol. The van der Waals surface area contributed by atoms with Crippen molar-refractivity contribution in [1.29, 1.82) is 0 Å². The second-order valence-electron chi connectivity index (χ2n) is 6.76. The molecule has 1 N–H and O–H groups in total. The molecule has 0 aliphatic carbocycles. The number of aryl methyl sites for hydroxylation is 2. The first-order valence-corrected chi connectivity index (χ1v) is 9.99. The zero-order chi connectivity index (χ0) is 19.5. The van der Waals surface area contributed by atoms with Crippen LogP contribution in [0.1, 0.15) is 40.9 Å². The van der Waals surface area contributed by atoms with Gasteiger partial charge in [0.05, 0.1) is 4.90 Å². The molecule has 0 unspecified atom stereocenters. The molecular formula is C20H26N2O3S. The van der Waals surface area contributed by atoms with Crippen LogP contribution in [0, 0.1) is 13.8 Å². The predicted molar refractivity (Wildman–Crippen MR) is 104 cm³/mol. The summed E-state index contributed by atoms with van der Waals surface area (Å²) in [5.74, 6) is -0.297. The number of rotatable bonds is 6. The molecule has 0 saturated heterocycles. The highest BCUT2D eigenvalue weighted by atomic mass is 32.2. The van der Waals surface area contributed by atoms with Crippen LogP contribution in [-0.4, -0.2) is 31.7 Å². The molecule has 0 bridgehead atoms. The van der Waals surface area contributed by atoms with Gasteiger partial charge in [0.1, 0.15) is 0 Å². The second-order valence-corrected chi connectivity index (χ2v) is 8.75. The molecule has 5 nitrogen and oxygen atoms in total. The van der Waals surface area contributed by atoms with Crippen LogP contribution in [0.2, 0.25) is 0 Å². The summed E-state index contributed by atoms with van der Waals surface area (Å²) in [5.41, 5.74) is 3.64. The Labute approximate surface area is 156 Å². The molecule has 0 radical (unpaired) electrons. The standard InChI is InChI=1S/C20H26N2O3S/c1-14(2)22(5)26(24,25)19-8-6-7-17(12-19)20(23)21-13-18-10-9-15(3)11-16(18)4/h6-12,14H,13H2,1-5H3,(H,21,23). The predicted octanol–water partition coefficient (Wildman–Crippen LogP) is 3.26. The zero-order valence-electron chi connectivity index (χ0n) is 15.9. The van der Waals surface area contributed by atoms with Crippen molar-refractivity contribution in [2.75, 3.05) is 7.05 Å². The van der Waals surface area contributed by atoms with Gasteiger partial charge >= 0.3 is 0 Å². The van der Waals surface area contributed by atoms with Gasteiger partial charge in [-0.2, -0.15) is 4.31 Å². The van der Waals surface area contributed by atoms with E-state index in [1.807, 2.05) is 26.0 Å². The van der Waals surface area contributed by atoms with E-state index in [-0.39, 0.29) is 16.8 Å². The van der Waals surface area contributed by atoms with Crippen molar-refractivity contribution < 1.29 is 13.2 Å². The van der Waals surface area contributed by atoms with E-state index in [4.69, 9.17) is 0 Å². The maximum atomic E-state index is 12.6. The van der Waals surface area contributed by atoms with E-state index >= 15 is 0 Å². The summed E-state index contributed by atoms with van der Waals surface area (Å²) >= 11 is 0. The van der Waals surface area contributed by atoms with E-state index < -0.39 is 10.0 Å². The van der Waals surface area contributed by atoms with Crippen LogP contribution in [0.25, 0.3) is 0 Å². The summed E-state index contributed by atoms with van der Waals surface area (Å²) in [4.78, 5) is 12.6. The van der Waals surface area contributed by atoms with Crippen molar-refractivity contribution in [3.05, 3.63) is 64.7 Å². The number of sulfonamides is 1. The Bertz CT molecular complexity index is 905. The fraction of sp³-hybridized carbons (Fsp3) is 0.350. The van der Waals surface area contributed by atoms with E-state index in [9.17, 15) is 13.2 Å². The minimum Gasteiger partial charge on any atom is -0.348 e. The smallest absolute Gasteiger partial charge is 0.251 e. The number of hydrogen-bond donors (Lipinski definition) is 1. The van der Waals surface area contributed by atoms with Gasteiger partial charge in [0.25, 0.3) is 5.91 Å². The van der Waals surface area contributed by atoms with E-state index in [1.165, 1.54) is 29.0 Å². The highest BCUT2D eigenvalue weighted by molar-refractivity contribution is 7.89. The number of nitrogens with zero attached hydrogens (tertiary/aromatic N) is 1. The molecule has 0 aliphatic rings. The van der Waals surface area contributed by atoms with Crippen LogP contribution >= 0.6 is 0 Å². The molecule has 2 aromatic rings. The Morgan fingerprint density at radius 1 is 1.12 bits per heavy atom. The molecule has 0 saturated carbocycles. The van der Waals surface area contributed by atoms with Crippen LogP contribution < -0.4 is 5.32 Å². The topological polar surface area (TPSA) is 66.5 Å². The van der Waals surface area contributed by atoms with E-state index in [1.54, 1.807) is 26.0 Å². The number of benzene rings is 2. The summed E-state index contributed by atoms with van der Waals surface area (Å²) in [6, 6.07) is 12.0. The Balaban J connectivity index is 2.18. The molecule has 2 rings (SSSR count). The first-order chi connectivity index (χ1) is 12.1. The van der Waals surface area contributed by atoms with Crippen molar-refractivity contribution >= 4 is 15.9 Å². The summed E-state index contributed by atoms with van der Waals surface area (Å²) in [6.45, 7) is 8.03. The van der Waals surface area contributed by atoms with Crippen molar-refractivity contribution in [2.45, 2.75) is 45.2 Å². The lowest BCUT2D eigenvalue weighted by Gasteiger charge is -2.21. The van der Waals surface area contributed by atoms with Gasteiger partial charge < -0.3 is 5.32 Å².